The Balaban J connectivity index is 1.73. The van der Waals surface area contributed by atoms with Crippen molar-refractivity contribution in [2.45, 2.75) is 12.5 Å². The molecule has 1 atom stereocenters. The Kier molecular flexibility index (Phi) is 3.57. The summed E-state index contributed by atoms with van der Waals surface area (Å²) in [5, 5.41) is 3.52. The average molecular weight is 257 g/mol. The first-order chi connectivity index (χ1) is 9.31. The molecule has 1 fully saturated rings. The average Bonchev–Trinajstić information content (AvgIpc) is 2.93. The van der Waals surface area contributed by atoms with Crippen LogP contribution < -0.4 is 5.32 Å². The lowest BCUT2D eigenvalue weighted by Crippen LogP contribution is -2.50. The van der Waals surface area contributed by atoms with Crippen LogP contribution in [0.15, 0.2) is 30.7 Å². The van der Waals surface area contributed by atoms with Crippen molar-refractivity contribution < 1.29 is 0 Å². The summed E-state index contributed by atoms with van der Waals surface area (Å²) in [6, 6.07) is 4.42. The van der Waals surface area contributed by atoms with Crippen LogP contribution in [0, 0.1) is 0 Å². The van der Waals surface area contributed by atoms with Crippen LogP contribution in [0.4, 0.5) is 0 Å². The van der Waals surface area contributed by atoms with E-state index >= 15 is 0 Å². The molecule has 1 aliphatic rings. The number of nitrogens with one attached hydrogen (secondary N) is 2. The molecular weight excluding hydrogens is 238 g/mol. The van der Waals surface area contributed by atoms with Crippen molar-refractivity contribution in [1.29, 1.82) is 0 Å². The van der Waals surface area contributed by atoms with Crippen molar-refractivity contribution in [1.82, 2.24) is 25.2 Å². The number of aromatic amines is 1. The highest BCUT2D eigenvalue weighted by molar-refractivity contribution is 5.57. The first-order valence-electron chi connectivity index (χ1n) is 6.68. The second-order valence-corrected chi connectivity index (χ2v) is 5.08. The molecule has 0 bridgehead atoms. The van der Waals surface area contributed by atoms with Crippen molar-refractivity contribution >= 4 is 0 Å². The van der Waals surface area contributed by atoms with Crippen molar-refractivity contribution in [2.75, 3.05) is 26.7 Å². The third-order valence-corrected chi connectivity index (χ3v) is 3.49. The zero-order chi connectivity index (χ0) is 13.1. The number of nitrogens with zero attached hydrogens (tertiary/aromatic N) is 3. The summed E-state index contributed by atoms with van der Waals surface area (Å²) in [4.78, 5) is 14.4. The lowest BCUT2D eigenvalue weighted by molar-refractivity contribution is 0.236. The van der Waals surface area contributed by atoms with Crippen LogP contribution >= 0.6 is 0 Å². The minimum absolute atomic E-state index is 0.445. The molecule has 1 aliphatic heterocycles. The summed E-state index contributed by atoms with van der Waals surface area (Å²) in [7, 11) is 2.16. The lowest BCUT2D eigenvalue weighted by Gasteiger charge is -2.30. The largest absolute Gasteiger partial charge is 0.367 e. The third-order valence-electron chi connectivity index (χ3n) is 3.49. The maximum Gasteiger partial charge on any atom is 0.130 e. The van der Waals surface area contributed by atoms with Gasteiger partial charge in [0.2, 0.25) is 0 Å². The van der Waals surface area contributed by atoms with E-state index in [9.17, 15) is 0 Å². The van der Waals surface area contributed by atoms with Crippen LogP contribution in [0.3, 0.4) is 0 Å². The van der Waals surface area contributed by atoms with Gasteiger partial charge in [-0.05, 0) is 19.2 Å². The normalized spacial score (nSPS) is 20.6. The Bertz CT molecular complexity index is 522. The topological polar surface area (TPSA) is 56.8 Å². The zero-order valence-electron chi connectivity index (χ0n) is 11.1. The molecule has 5 heteroatoms. The molecule has 3 heterocycles. The van der Waals surface area contributed by atoms with Gasteiger partial charge in [-0.3, -0.25) is 0 Å². The molecule has 2 N–H and O–H groups in total. The molecule has 0 aromatic carbocycles. The summed E-state index contributed by atoms with van der Waals surface area (Å²) in [6.45, 7) is 3.21. The van der Waals surface area contributed by atoms with Gasteiger partial charge in [0.25, 0.3) is 0 Å². The maximum atomic E-state index is 4.64. The SMILES string of the molecule is CN1CCNC(Cc2nccc(-c3cc[nH]c3)n2)C1. The fourth-order valence-electron chi connectivity index (χ4n) is 2.49. The van der Waals surface area contributed by atoms with Gasteiger partial charge in [0, 0.05) is 56.3 Å². The van der Waals surface area contributed by atoms with Gasteiger partial charge in [0.05, 0.1) is 5.69 Å². The van der Waals surface area contributed by atoms with E-state index < -0.39 is 0 Å². The quantitative estimate of drug-likeness (QED) is 0.858. The number of piperazine rings is 1. The minimum atomic E-state index is 0.445. The second kappa shape index (κ2) is 5.50. The van der Waals surface area contributed by atoms with E-state index in [0.29, 0.717) is 6.04 Å². The van der Waals surface area contributed by atoms with Gasteiger partial charge < -0.3 is 15.2 Å². The van der Waals surface area contributed by atoms with Gasteiger partial charge in [-0.2, -0.15) is 0 Å². The molecule has 2 aromatic heterocycles. The molecule has 1 unspecified atom stereocenters. The highest BCUT2D eigenvalue weighted by atomic mass is 15.2. The van der Waals surface area contributed by atoms with Gasteiger partial charge in [0.1, 0.15) is 5.82 Å². The first-order valence-corrected chi connectivity index (χ1v) is 6.68. The molecule has 0 radical (unpaired) electrons. The molecule has 3 rings (SSSR count). The fraction of sp³-hybridized carbons (Fsp3) is 0.429. The number of aromatic nitrogens is 3. The summed E-state index contributed by atoms with van der Waals surface area (Å²) in [5.74, 6) is 0.909. The summed E-state index contributed by atoms with van der Waals surface area (Å²) >= 11 is 0. The summed E-state index contributed by atoms with van der Waals surface area (Å²) in [6.07, 6.45) is 6.59. The summed E-state index contributed by atoms with van der Waals surface area (Å²) < 4.78 is 0. The minimum Gasteiger partial charge on any atom is -0.367 e. The van der Waals surface area contributed by atoms with Crippen LogP contribution in [-0.2, 0) is 6.42 Å². The molecule has 5 nitrogen and oxygen atoms in total. The summed E-state index contributed by atoms with van der Waals surface area (Å²) in [5.41, 5.74) is 2.09. The highest BCUT2D eigenvalue weighted by Crippen LogP contribution is 2.15. The molecule has 0 amide bonds. The standard InChI is InChI=1S/C14H19N5/c1-19-7-6-16-12(10-19)8-14-17-5-3-13(18-14)11-2-4-15-9-11/h2-5,9,12,15-16H,6-8,10H2,1H3. The monoisotopic (exact) mass is 257 g/mol. The van der Waals surface area contributed by atoms with Gasteiger partial charge in [0.15, 0.2) is 0 Å². The fourth-order valence-corrected chi connectivity index (χ4v) is 2.49. The second-order valence-electron chi connectivity index (χ2n) is 5.08. The molecule has 2 aromatic rings. The number of hydrogen-bond donors (Lipinski definition) is 2. The number of rotatable bonds is 3. The Labute approximate surface area is 113 Å². The van der Waals surface area contributed by atoms with Crippen molar-refractivity contribution in [3.05, 3.63) is 36.5 Å². The maximum absolute atomic E-state index is 4.64. The highest BCUT2D eigenvalue weighted by Gasteiger charge is 2.17. The van der Waals surface area contributed by atoms with Crippen LogP contribution in [0.25, 0.3) is 11.3 Å². The predicted octanol–water partition coefficient (Wildman–Crippen LogP) is 0.918. The van der Waals surface area contributed by atoms with E-state index in [1.54, 1.807) is 0 Å². The Morgan fingerprint density at radius 2 is 2.37 bits per heavy atom. The van der Waals surface area contributed by atoms with Gasteiger partial charge in [-0.1, -0.05) is 0 Å². The van der Waals surface area contributed by atoms with Crippen LogP contribution in [0.2, 0.25) is 0 Å². The van der Waals surface area contributed by atoms with Gasteiger partial charge in [-0.25, -0.2) is 9.97 Å². The van der Waals surface area contributed by atoms with Crippen LogP contribution in [0.5, 0.6) is 0 Å². The van der Waals surface area contributed by atoms with Crippen LogP contribution in [-0.4, -0.2) is 52.6 Å². The Morgan fingerprint density at radius 3 is 3.16 bits per heavy atom. The van der Waals surface area contributed by atoms with E-state index in [-0.39, 0.29) is 0 Å². The zero-order valence-corrected chi connectivity index (χ0v) is 11.1. The van der Waals surface area contributed by atoms with Crippen molar-refractivity contribution in [2.24, 2.45) is 0 Å². The Hall–Kier alpha value is -1.72. The van der Waals surface area contributed by atoms with Gasteiger partial charge in [-0.15, -0.1) is 0 Å². The number of H-pyrrole nitrogens is 1. The van der Waals surface area contributed by atoms with E-state index in [0.717, 1.165) is 43.1 Å². The molecule has 1 saturated heterocycles. The third kappa shape index (κ3) is 3.00. The van der Waals surface area contributed by atoms with Gasteiger partial charge >= 0.3 is 0 Å². The molecule has 100 valence electrons. The lowest BCUT2D eigenvalue weighted by atomic mass is 10.1. The number of hydrogen-bond acceptors (Lipinski definition) is 4. The van der Waals surface area contributed by atoms with E-state index in [4.69, 9.17) is 0 Å². The van der Waals surface area contributed by atoms with E-state index in [1.807, 2.05) is 30.7 Å². The van der Waals surface area contributed by atoms with Crippen molar-refractivity contribution in [3.63, 3.8) is 0 Å². The molecule has 0 spiro atoms. The molecule has 0 saturated carbocycles. The Morgan fingerprint density at radius 1 is 1.42 bits per heavy atom. The predicted molar refractivity (Wildman–Crippen MR) is 74.8 cm³/mol. The smallest absolute Gasteiger partial charge is 0.130 e. The first kappa shape index (κ1) is 12.3. The number of likely N-dealkylation sites (N-methyl/N-ethyl adjacent to an activating group) is 1. The van der Waals surface area contributed by atoms with E-state index in [2.05, 4.69) is 32.2 Å². The molecule has 0 aliphatic carbocycles. The molecule has 19 heavy (non-hydrogen) atoms. The van der Waals surface area contributed by atoms with Crippen molar-refractivity contribution in [3.8, 4) is 11.3 Å². The van der Waals surface area contributed by atoms with Crippen LogP contribution in [0.1, 0.15) is 5.82 Å². The van der Waals surface area contributed by atoms with E-state index in [1.165, 1.54) is 0 Å². The molecular formula is C14H19N5.